The Bertz CT molecular complexity index is 251. The lowest BCUT2D eigenvalue weighted by Gasteiger charge is -2.29. The molecule has 2 heterocycles. The lowest BCUT2D eigenvalue weighted by atomic mass is 10.0. The number of nitrogens with two attached hydrogens (primary N) is 1. The van der Waals surface area contributed by atoms with Gasteiger partial charge in [0.25, 0.3) is 0 Å². The van der Waals surface area contributed by atoms with E-state index in [1.165, 1.54) is 32.2 Å². The van der Waals surface area contributed by atoms with Crippen molar-refractivity contribution in [3.63, 3.8) is 0 Å². The van der Waals surface area contributed by atoms with Gasteiger partial charge in [-0.25, -0.2) is 0 Å². The summed E-state index contributed by atoms with van der Waals surface area (Å²) in [4.78, 5) is 15.1. The average molecular weight is 316 g/mol. The van der Waals surface area contributed by atoms with Gasteiger partial charge in [0.05, 0.1) is 0 Å². The quantitative estimate of drug-likeness (QED) is 0.746. The van der Waals surface area contributed by atoms with Gasteiger partial charge >= 0.3 is 0 Å². The van der Waals surface area contributed by atoms with Crippen LogP contribution in [0, 0.1) is 5.92 Å². The maximum absolute atomic E-state index is 10.9. The summed E-state index contributed by atoms with van der Waals surface area (Å²) in [6.07, 6.45) is 4.95. The summed E-state index contributed by atoms with van der Waals surface area (Å²) in [7, 11) is 2.12. The molecule has 2 atom stereocenters. The van der Waals surface area contributed by atoms with Gasteiger partial charge in [-0.05, 0) is 45.2 Å². The smallest absolute Gasteiger partial charge is 0.219 e. The van der Waals surface area contributed by atoms with Crippen molar-refractivity contribution in [1.29, 1.82) is 0 Å². The van der Waals surface area contributed by atoms with Crippen molar-refractivity contribution in [2.24, 2.45) is 11.7 Å². The van der Waals surface area contributed by atoms with Crippen LogP contribution in [0.1, 0.15) is 67.2 Å². The number of hydrogen-bond donors (Lipinski definition) is 1. The molecule has 2 rings (SSSR count). The van der Waals surface area contributed by atoms with E-state index >= 15 is 0 Å². The highest BCUT2D eigenvalue weighted by Crippen LogP contribution is 2.14. The van der Waals surface area contributed by atoms with Gasteiger partial charge in [0, 0.05) is 32.6 Å². The first-order valence-electron chi connectivity index (χ1n) is 9.18. The number of amides is 1. The second kappa shape index (κ2) is 15.3. The highest BCUT2D eigenvalue weighted by molar-refractivity contribution is 5.73. The predicted molar refractivity (Wildman–Crippen MR) is 98.1 cm³/mol. The van der Waals surface area contributed by atoms with Crippen molar-refractivity contribution in [3.8, 4) is 0 Å². The Kier molecular flexibility index (Phi) is 16.4. The standard InChI is InChI=1S/C8H15NO.C6H14N2.2C2H6/c1-7-4-3-5-9(6-7)8(2)10;1-8-4-2-3-6(7)5-8;2*1-2/h7H,3-6H2,1-2H3;6H,2-5,7H2,1H3;2*1-2H3. The number of rotatable bonds is 0. The fraction of sp³-hybridized carbons (Fsp3) is 0.944. The first-order chi connectivity index (χ1) is 10.5. The summed E-state index contributed by atoms with van der Waals surface area (Å²) in [6.45, 7) is 16.1. The third-order valence-electron chi connectivity index (χ3n) is 3.76. The molecule has 0 aromatic heterocycles. The number of likely N-dealkylation sites (N-methyl/N-ethyl adjacent to an activating group) is 1. The molecule has 0 saturated carbocycles. The third-order valence-corrected chi connectivity index (χ3v) is 3.76. The first kappa shape index (κ1) is 23.7. The van der Waals surface area contributed by atoms with Crippen LogP contribution in [-0.4, -0.2) is 55.0 Å². The molecule has 0 aromatic rings. The highest BCUT2D eigenvalue weighted by Gasteiger charge is 2.17. The van der Waals surface area contributed by atoms with E-state index in [2.05, 4.69) is 18.9 Å². The zero-order valence-electron chi connectivity index (χ0n) is 16.2. The molecule has 22 heavy (non-hydrogen) atoms. The van der Waals surface area contributed by atoms with Crippen molar-refractivity contribution in [1.82, 2.24) is 9.80 Å². The molecule has 134 valence electrons. The molecule has 0 aliphatic carbocycles. The topological polar surface area (TPSA) is 49.6 Å². The summed E-state index contributed by atoms with van der Waals surface area (Å²) < 4.78 is 0. The van der Waals surface area contributed by atoms with Gasteiger partial charge in [-0.1, -0.05) is 34.6 Å². The van der Waals surface area contributed by atoms with Crippen LogP contribution >= 0.6 is 0 Å². The Morgan fingerprint density at radius 2 is 1.55 bits per heavy atom. The van der Waals surface area contributed by atoms with E-state index in [0.29, 0.717) is 12.0 Å². The van der Waals surface area contributed by atoms with E-state index in [-0.39, 0.29) is 5.91 Å². The zero-order valence-corrected chi connectivity index (χ0v) is 16.2. The van der Waals surface area contributed by atoms with Crippen LogP contribution in [0.5, 0.6) is 0 Å². The summed E-state index contributed by atoms with van der Waals surface area (Å²) in [5, 5.41) is 0. The number of likely N-dealkylation sites (tertiary alicyclic amines) is 2. The monoisotopic (exact) mass is 315 g/mol. The van der Waals surface area contributed by atoms with Gasteiger partial charge in [0.15, 0.2) is 0 Å². The summed E-state index contributed by atoms with van der Waals surface area (Å²) in [6, 6.07) is 0.439. The molecule has 0 aromatic carbocycles. The number of hydrogen-bond acceptors (Lipinski definition) is 3. The van der Waals surface area contributed by atoms with E-state index < -0.39 is 0 Å². The third kappa shape index (κ3) is 12.0. The van der Waals surface area contributed by atoms with Crippen LogP contribution in [0.15, 0.2) is 0 Å². The van der Waals surface area contributed by atoms with Gasteiger partial charge in [-0.2, -0.15) is 0 Å². The van der Waals surface area contributed by atoms with Crippen LogP contribution < -0.4 is 5.73 Å². The van der Waals surface area contributed by atoms with Crippen LogP contribution in [0.4, 0.5) is 0 Å². The maximum Gasteiger partial charge on any atom is 0.219 e. The van der Waals surface area contributed by atoms with Crippen molar-refractivity contribution < 1.29 is 4.79 Å². The van der Waals surface area contributed by atoms with Crippen molar-refractivity contribution in [2.45, 2.75) is 73.3 Å². The van der Waals surface area contributed by atoms with Crippen LogP contribution in [-0.2, 0) is 4.79 Å². The van der Waals surface area contributed by atoms with Crippen molar-refractivity contribution >= 4 is 5.91 Å². The SMILES string of the molecule is CC.CC.CC(=O)N1CCCC(C)C1.CN1CCCC(N)C1. The predicted octanol–water partition coefficient (Wildman–Crippen LogP) is 3.36. The Balaban J connectivity index is 0. The summed E-state index contributed by atoms with van der Waals surface area (Å²) in [5.41, 5.74) is 5.68. The normalized spacial score (nSPS) is 24.6. The molecular formula is C18H41N3O. The molecule has 0 radical (unpaired) electrons. The molecule has 2 unspecified atom stereocenters. The van der Waals surface area contributed by atoms with E-state index in [0.717, 1.165) is 19.6 Å². The summed E-state index contributed by atoms with van der Waals surface area (Å²) >= 11 is 0. The highest BCUT2D eigenvalue weighted by atomic mass is 16.2. The van der Waals surface area contributed by atoms with Gasteiger partial charge in [-0.3, -0.25) is 4.79 Å². The van der Waals surface area contributed by atoms with E-state index in [1.807, 2.05) is 32.6 Å². The molecule has 0 spiro atoms. The molecule has 4 nitrogen and oxygen atoms in total. The molecule has 2 saturated heterocycles. The largest absolute Gasteiger partial charge is 0.343 e. The molecule has 1 amide bonds. The number of carbonyl (C=O) groups is 1. The second-order valence-electron chi connectivity index (χ2n) is 5.88. The molecular weight excluding hydrogens is 274 g/mol. The van der Waals surface area contributed by atoms with Gasteiger partial charge < -0.3 is 15.5 Å². The molecule has 2 N–H and O–H groups in total. The van der Waals surface area contributed by atoms with E-state index in [1.54, 1.807) is 6.92 Å². The minimum atomic E-state index is 0.228. The maximum atomic E-state index is 10.9. The Morgan fingerprint density at radius 1 is 1.00 bits per heavy atom. The van der Waals surface area contributed by atoms with Gasteiger partial charge in [-0.15, -0.1) is 0 Å². The number of piperidine rings is 2. The first-order valence-corrected chi connectivity index (χ1v) is 9.18. The van der Waals surface area contributed by atoms with Crippen molar-refractivity contribution in [2.75, 3.05) is 33.2 Å². The summed E-state index contributed by atoms with van der Waals surface area (Å²) in [5.74, 6) is 0.934. The lowest BCUT2D eigenvalue weighted by molar-refractivity contribution is -0.130. The van der Waals surface area contributed by atoms with Gasteiger partial charge in [0.1, 0.15) is 0 Å². The molecule has 2 aliphatic rings. The van der Waals surface area contributed by atoms with Crippen molar-refractivity contribution in [3.05, 3.63) is 0 Å². The lowest BCUT2D eigenvalue weighted by Crippen LogP contribution is -2.40. The Morgan fingerprint density at radius 3 is 1.86 bits per heavy atom. The molecule has 2 fully saturated rings. The fourth-order valence-corrected chi connectivity index (χ4v) is 2.68. The zero-order chi connectivity index (χ0) is 17.5. The van der Waals surface area contributed by atoms with Crippen LogP contribution in [0.2, 0.25) is 0 Å². The fourth-order valence-electron chi connectivity index (χ4n) is 2.68. The average Bonchev–Trinajstić information content (AvgIpc) is 2.51. The number of carbonyl (C=O) groups excluding carboxylic acids is 1. The molecule has 4 heteroatoms. The van der Waals surface area contributed by atoms with E-state index in [9.17, 15) is 4.79 Å². The number of nitrogens with zero attached hydrogens (tertiary/aromatic N) is 2. The van der Waals surface area contributed by atoms with Crippen LogP contribution in [0.3, 0.4) is 0 Å². The van der Waals surface area contributed by atoms with Gasteiger partial charge in [0.2, 0.25) is 5.91 Å². The second-order valence-corrected chi connectivity index (χ2v) is 5.88. The minimum Gasteiger partial charge on any atom is -0.343 e. The minimum absolute atomic E-state index is 0.228. The molecule has 2 aliphatic heterocycles. The Hall–Kier alpha value is -0.610. The van der Waals surface area contributed by atoms with Crippen LogP contribution in [0.25, 0.3) is 0 Å². The van der Waals surface area contributed by atoms with E-state index in [4.69, 9.17) is 5.73 Å². The Labute approximate surface area is 139 Å². The molecule has 0 bridgehead atoms.